The molecule has 3 rings (SSSR count). The SMILES string of the molecule is CCn1c(SCC(=O)Nc2cccc(F)c2C)nnc1[C@H](C)NC(=O)c1cccc(C)c1. The maximum Gasteiger partial charge on any atom is 0.251 e. The van der Waals surface area contributed by atoms with Gasteiger partial charge in [0.05, 0.1) is 11.8 Å². The summed E-state index contributed by atoms with van der Waals surface area (Å²) in [7, 11) is 0. The molecule has 0 aliphatic rings. The molecule has 7 nitrogen and oxygen atoms in total. The number of carbonyl (C=O) groups excluding carboxylic acids is 2. The molecule has 2 aromatic carbocycles. The van der Waals surface area contributed by atoms with Crippen LogP contribution in [0.25, 0.3) is 0 Å². The second kappa shape index (κ2) is 10.4. The molecule has 3 aromatic rings. The molecule has 0 aliphatic carbocycles. The quantitative estimate of drug-likeness (QED) is 0.495. The summed E-state index contributed by atoms with van der Waals surface area (Å²) >= 11 is 1.24. The van der Waals surface area contributed by atoms with E-state index in [0.29, 0.717) is 34.3 Å². The van der Waals surface area contributed by atoms with Crippen LogP contribution in [0.4, 0.5) is 10.1 Å². The molecule has 0 radical (unpaired) electrons. The zero-order chi connectivity index (χ0) is 23.3. The second-order valence-electron chi connectivity index (χ2n) is 7.40. The molecule has 1 atom stereocenters. The molecule has 1 aromatic heterocycles. The van der Waals surface area contributed by atoms with Crippen molar-refractivity contribution in [2.45, 2.75) is 45.4 Å². The summed E-state index contributed by atoms with van der Waals surface area (Å²) in [6, 6.07) is 11.6. The lowest BCUT2D eigenvalue weighted by Gasteiger charge is -2.15. The predicted octanol–water partition coefficient (Wildman–Crippen LogP) is 4.28. The molecule has 2 amide bonds. The van der Waals surface area contributed by atoms with Crippen LogP contribution in [0.2, 0.25) is 0 Å². The van der Waals surface area contributed by atoms with E-state index >= 15 is 0 Å². The van der Waals surface area contributed by atoms with E-state index in [1.165, 1.54) is 17.8 Å². The van der Waals surface area contributed by atoms with Gasteiger partial charge in [0, 0.05) is 23.4 Å². The summed E-state index contributed by atoms with van der Waals surface area (Å²) in [6.07, 6.45) is 0. The second-order valence-corrected chi connectivity index (χ2v) is 8.34. The first kappa shape index (κ1) is 23.5. The number of hydrogen-bond donors (Lipinski definition) is 2. The van der Waals surface area contributed by atoms with Crippen molar-refractivity contribution in [3.8, 4) is 0 Å². The summed E-state index contributed by atoms with van der Waals surface area (Å²) in [5, 5.41) is 14.7. The lowest BCUT2D eigenvalue weighted by molar-refractivity contribution is -0.113. The first-order valence-electron chi connectivity index (χ1n) is 10.3. The van der Waals surface area contributed by atoms with Gasteiger partial charge in [-0.05, 0) is 52.0 Å². The van der Waals surface area contributed by atoms with Crippen LogP contribution >= 0.6 is 11.8 Å². The Hall–Kier alpha value is -3.20. The van der Waals surface area contributed by atoms with E-state index in [1.807, 2.05) is 43.5 Å². The first-order valence-corrected chi connectivity index (χ1v) is 11.3. The highest BCUT2D eigenvalue weighted by Gasteiger charge is 2.20. The number of halogens is 1. The van der Waals surface area contributed by atoms with Gasteiger partial charge in [-0.1, -0.05) is 35.5 Å². The van der Waals surface area contributed by atoms with E-state index in [0.717, 1.165) is 5.56 Å². The van der Waals surface area contributed by atoms with Gasteiger partial charge in [-0.15, -0.1) is 10.2 Å². The standard InChI is InChI=1S/C23H26FN5O2S/c1-5-29-21(16(4)25-22(31)17-9-6-8-14(2)12-17)27-28-23(29)32-13-20(30)26-19-11-7-10-18(24)15(19)3/h6-12,16H,5,13H2,1-4H3,(H,25,31)(H,26,30)/t16-/m0/s1. The van der Waals surface area contributed by atoms with Gasteiger partial charge in [0.25, 0.3) is 5.91 Å². The van der Waals surface area contributed by atoms with Gasteiger partial charge in [-0.2, -0.15) is 0 Å². The third kappa shape index (κ3) is 5.53. The molecule has 32 heavy (non-hydrogen) atoms. The zero-order valence-corrected chi connectivity index (χ0v) is 19.3. The Bertz CT molecular complexity index is 1130. The fourth-order valence-electron chi connectivity index (χ4n) is 3.21. The lowest BCUT2D eigenvalue weighted by Crippen LogP contribution is -2.28. The number of aromatic nitrogens is 3. The maximum absolute atomic E-state index is 13.7. The Kier molecular flexibility index (Phi) is 7.63. The van der Waals surface area contributed by atoms with Crippen LogP contribution in [0.15, 0.2) is 47.6 Å². The number of aryl methyl sites for hydroxylation is 1. The monoisotopic (exact) mass is 455 g/mol. The Morgan fingerprint density at radius 2 is 1.91 bits per heavy atom. The van der Waals surface area contributed by atoms with Crippen LogP contribution in [-0.4, -0.2) is 32.3 Å². The van der Waals surface area contributed by atoms with Crippen molar-refractivity contribution in [1.82, 2.24) is 20.1 Å². The van der Waals surface area contributed by atoms with E-state index in [-0.39, 0.29) is 29.4 Å². The fourth-order valence-corrected chi connectivity index (χ4v) is 4.02. The number of nitrogens with zero attached hydrogens (tertiary/aromatic N) is 3. The van der Waals surface area contributed by atoms with Crippen LogP contribution < -0.4 is 10.6 Å². The van der Waals surface area contributed by atoms with Crippen molar-refractivity contribution in [3.63, 3.8) is 0 Å². The third-order valence-electron chi connectivity index (χ3n) is 4.95. The molecule has 1 heterocycles. The molecular weight excluding hydrogens is 429 g/mol. The number of anilines is 1. The maximum atomic E-state index is 13.7. The fraction of sp³-hybridized carbons (Fsp3) is 0.304. The number of rotatable bonds is 8. The molecule has 0 aliphatic heterocycles. The van der Waals surface area contributed by atoms with Gasteiger partial charge in [0.15, 0.2) is 11.0 Å². The van der Waals surface area contributed by atoms with Gasteiger partial charge in [0.1, 0.15) is 5.82 Å². The molecule has 0 saturated carbocycles. The number of amides is 2. The highest BCUT2D eigenvalue weighted by molar-refractivity contribution is 7.99. The van der Waals surface area contributed by atoms with E-state index in [2.05, 4.69) is 20.8 Å². The molecule has 168 valence electrons. The van der Waals surface area contributed by atoms with Crippen molar-refractivity contribution in [3.05, 3.63) is 70.8 Å². The Morgan fingerprint density at radius 1 is 1.16 bits per heavy atom. The molecule has 2 N–H and O–H groups in total. The number of hydrogen-bond acceptors (Lipinski definition) is 5. The predicted molar refractivity (Wildman–Crippen MR) is 123 cm³/mol. The van der Waals surface area contributed by atoms with E-state index in [1.54, 1.807) is 25.1 Å². The normalized spacial score (nSPS) is 11.8. The lowest BCUT2D eigenvalue weighted by atomic mass is 10.1. The van der Waals surface area contributed by atoms with Gasteiger partial charge in [-0.25, -0.2) is 4.39 Å². The number of benzene rings is 2. The first-order chi connectivity index (χ1) is 15.3. The molecule has 0 bridgehead atoms. The van der Waals surface area contributed by atoms with Crippen molar-refractivity contribution in [1.29, 1.82) is 0 Å². The number of thioether (sulfide) groups is 1. The van der Waals surface area contributed by atoms with Crippen LogP contribution in [0, 0.1) is 19.7 Å². The highest BCUT2D eigenvalue weighted by Crippen LogP contribution is 2.22. The minimum atomic E-state index is -0.368. The molecule has 9 heteroatoms. The summed E-state index contributed by atoms with van der Waals surface area (Å²) < 4.78 is 15.5. The summed E-state index contributed by atoms with van der Waals surface area (Å²) in [6.45, 7) is 7.92. The summed E-state index contributed by atoms with van der Waals surface area (Å²) in [4.78, 5) is 24.9. The summed E-state index contributed by atoms with van der Waals surface area (Å²) in [5.74, 6) is -0.120. The third-order valence-corrected chi connectivity index (χ3v) is 5.92. The zero-order valence-electron chi connectivity index (χ0n) is 18.5. The Labute approximate surface area is 190 Å². The van der Waals surface area contributed by atoms with E-state index in [9.17, 15) is 14.0 Å². The molecule has 0 unspecified atom stereocenters. The molecule has 0 fully saturated rings. The minimum absolute atomic E-state index is 0.0954. The average molecular weight is 456 g/mol. The Morgan fingerprint density at radius 3 is 2.62 bits per heavy atom. The molecule has 0 spiro atoms. The van der Waals surface area contributed by atoms with Gasteiger partial charge in [0.2, 0.25) is 5.91 Å². The van der Waals surface area contributed by atoms with Crippen LogP contribution in [0.5, 0.6) is 0 Å². The van der Waals surface area contributed by atoms with Crippen molar-refractivity contribution in [2.24, 2.45) is 0 Å². The van der Waals surface area contributed by atoms with Crippen LogP contribution in [-0.2, 0) is 11.3 Å². The van der Waals surface area contributed by atoms with E-state index in [4.69, 9.17) is 0 Å². The molecule has 0 saturated heterocycles. The van der Waals surface area contributed by atoms with Crippen LogP contribution in [0.1, 0.15) is 47.2 Å². The van der Waals surface area contributed by atoms with Crippen molar-refractivity contribution >= 4 is 29.3 Å². The van der Waals surface area contributed by atoms with Gasteiger partial charge in [-0.3, -0.25) is 9.59 Å². The number of carbonyl (C=O) groups is 2. The minimum Gasteiger partial charge on any atom is -0.342 e. The Balaban J connectivity index is 1.64. The van der Waals surface area contributed by atoms with Gasteiger partial charge >= 0.3 is 0 Å². The van der Waals surface area contributed by atoms with Crippen LogP contribution in [0.3, 0.4) is 0 Å². The topological polar surface area (TPSA) is 88.9 Å². The van der Waals surface area contributed by atoms with Gasteiger partial charge < -0.3 is 15.2 Å². The molecular formula is C23H26FN5O2S. The smallest absolute Gasteiger partial charge is 0.251 e. The number of nitrogens with one attached hydrogen (secondary N) is 2. The van der Waals surface area contributed by atoms with Crippen molar-refractivity contribution in [2.75, 3.05) is 11.1 Å². The van der Waals surface area contributed by atoms with E-state index < -0.39 is 0 Å². The highest BCUT2D eigenvalue weighted by atomic mass is 32.2. The summed E-state index contributed by atoms with van der Waals surface area (Å²) in [5.41, 5.74) is 2.43. The largest absolute Gasteiger partial charge is 0.342 e. The average Bonchev–Trinajstić information content (AvgIpc) is 3.18. The van der Waals surface area contributed by atoms with Crippen molar-refractivity contribution < 1.29 is 14.0 Å².